The highest BCUT2D eigenvalue weighted by Gasteiger charge is 2.46. The quantitative estimate of drug-likeness (QED) is 0.293. The van der Waals surface area contributed by atoms with Gasteiger partial charge in [-0.25, -0.2) is 0 Å². The van der Waals surface area contributed by atoms with E-state index in [0.717, 1.165) is 17.5 Å². The van der Waals surface area contributed by atoms with Crippen LogP contribution in [0.15, 0.2) is 42.0 Å². The number of rotatable bonds is 10. The predicted octanol–water partition coefficient (Wildman–Crippen LogP) is 4.98. The number of benzene rings is 2. The van der Waals surface area contributed by atoms with E-state index in [-0.39, 0.29) is 30.4 Å². The number of nitrogens with zero attached hydrogens (tertiary/aromatic N) is 1. The van der Waals surface area contributed by atoms with Crippen LogP contribution in [0.2, 0.25) is 0 Å². The third-order valence-corrected chi connectivity index (χ3v) is 6.20. The number of aliphatic hydroxyl groups excluding tert-OH is 1. The van der Waals surface area contributed by atoms with Crippen molar-refractivity contribution in [2.45, 2.75) is 46.1 Å². The van der Waals surface area contributed by atoms with Crippen LogP contribution in [0.3, 0.4) is 0 Å². The summed E-state index contributed by atoms with van der Waals surface area (Å²) < 4.78 is 16.4. The number of likely N-dealkylation sites (tertiary alicyclic amines) is 1. The summed E-state index contributed by atoms with van der Waals surface area (Å²) in [7, 11) is 3.15. The number of amides is 1. The molecule has 0 aliphatic carbocycles. The molecule has 0 saturated carbocycles. The number of Topliss-reactive ketones (excluding diaryl/α,β-unsaturated/α-hetero) is 1. The van der Waals surface area contributed by atoms with Crippen LogP contribution in [0.1, 0.15) is 61.4 Å². The Balaban J connectivity index is 2.17. The fraction of sp³-hybridized carbons (Fsp3) is 0.429. The molecule has 1 fully saturated rings. The average Bonchev–Trinajstić information content (AvgIpc) is 3.10. The summed E-state index contributed by atoms with van der Waals surface area (Å²) in [4.78, 5) is 27.7. The Morgan fingerprint density at radius 1 is 1.09 bits per heavy atom. The minimum absolute atomic E-state index is 0.0660. The number of methoxy groups -OCH3 is 2. The Morgan fingerprint density at radius 2 is 1.77 bits per heavy atom. The molecule has 35 heavy (non-hydrogen) atoms. The Hall–Kier alpha value is -3.32. The number of carbonyl (C=O) groups excluding carboxylic acids is 2. The molecule has 1 aliphatic heterocycles. The van der Waals surface area contributed by atoms with Gasteiger partial charge in [-0.2, -0.15) is 0 Å². The van der Waals surface area contributed by atoms with Crippen LogP contribution in [0.25, 0.3) is 5.76 Å². The highest BCUT2D eigenvalue weighted by atomic mass is 16.5. The Labute approximate surface area is 207 Å². The number of carbonyl (C=O) groups is 2. The maximum Gasteiger partial charge on any atom is 0.295 e. The van der Waals surface area contributed by atoms with E-state index in [9.17, 15) is 14.7 Å². The molecule has 1 heterocycles. The number of aryl methyl sites for hydroxylation is 1. The summed E-state index contributed by atoms with van der Waals surface area (Å²) in [5, 5.41) is 11.5. The first kappa shape index (κ1) is 26.3. The molecule has 0 aromatic heterocycles. The first-order valence-corrected chi connectivity index (χ1v) is 11.9. The first-order chi connectivity index (χ1) is 16.7. The van der Waals surface area contributed by atoms with Gasteiger partial charge in [-0.05, 0) is 60.2 Å². The zero-order valence-corrected chi connectivity index (χ0v) is 21.4. The lowest BCUT2D eigenvalue weighted by Crippen LogP contribution is -2.32. The molecule has 0 spiro atoms. The molecule has 7 nitrogen and oxygen atoms in total. The van der Waals surface area contributed by atoms with Crippen LogP contribution < -0.4 is 9.47 Å². The molecule has 1 unspecified atom stereocenters. The van der Waals surface area contributed by atoms with Crippen molar-refractivity contribution < 1.29 is 28.9 Å². The second-order valence-corrected chi connectivity index (χ2v) is 8.97. The van der Waals surface area contributed by atoms with Gasteiger partial charge in [0.25, 0.3) is 11.7 Å². The number of ether oxygens (including phenoxy) is 3. The molecule has 1 saturated heterocycles. The summed E-state index contributed by atoms with van der Waals surface area (Å²) >= 11 is 0. The topological polar surface area (TPSA) is 85.3 Å². The second kappa shape index (κ2) is 11.4. The van der Waals surface area contributed by atoms with E-state index in [1.165, 1.54) is 4.90 Å². The summed E-state index contributed by atoms with van der Waals surface area (Å²) in [6.07, 6.45) is 0.887. The van der Waals surface area contributed by atoms with Crippen LogP contribution in [0, 0.1) is 6.92 Å². The maximum absolute atomic E-state index is 13.2. The van der Waals surface area contributed by atoms with Crippen molar-refractivity contribution >= 4 is 17.4 Å². The van der Waals surface area contributed by atoms with Gasteiger partial charge in [0.15, 0.2) is 0 Å². The molecular formula is C28H35NO6. The molecule has 1 amide bonds. The summed E-state index contributed by atoms with van der Waals surface area (Å²) in [5.41, 5.74) is 2.93. The Morgan fingerprint density at radius 3 is 2.34 bits per heavy atom. The van der Waals surface area contributed by atoms with Crippen LogP contribution in [-0.2, 0) is 14.3 Å². The Kier molecular flexibility index (Phi) is 8.57. The van der Waals surface area contributed by atoms with Crippen molar-refractivity contribution in [3.63, 3.8) is 0 Å². The molecule has 0 radical (unpaired) electrons. The minimum Gasteiger partial charge on any atom is -0.507 e. The van der Waals surface area contributed by atoms with E-state index in [1.807, 2.05) is 64.1 Å². The molecule has 1 atom stereocenters. The molecule has 3 rings (SSSR count). The SMILES string of the molecule is CCCOc1ccc(C2/C(=C(\O)c3cc(C(C)C)c(OC)cc3C)C(=O)C(=O)N2CCOC)cc1. The summed E-state index contributed by atoms with van der Waals surface area (Å²) in [6.45, 7) is 9.02. The molecular weight excluding hydrogens is 446 g/mol. The maximum atomic E-state index is 13.2. The van der Waals surface area contributed by atoms with Gasteiger partial charge in [0.2, 0.25) is 0 Å². The van der Waals surface area contributed by atoms with Crippen molar-refractivity contribution in [3.05, 3.63) is 64.2 Å². The molecule has 188 valence electrons. The highest BCUT2D eigenvalue weighted by Crippen LogP contribution is 2.41. The fourth-order valence-electron chi connectivity index (χ4n) is 4.34. The summed E-state index contributed by atoms with van der Waals surface area (Å²) in [6, 6.07) is 10.2. The number of aliphatic hydroxyl groups is 1. The highest BCUT2D eigenvalue weighted by molar-refractivity contribution is 6.46. The lowest BCUT2D eigenvalue weighted by atomic mass is 9.91. The van der Waals surface area contributed by atoms with Gasteiger partial charge in [-0.3, -0.25) is 9.59 Å². The zero-order chi connectivity index (χ0) is 25.7. The molecule has 1 N–H and O–H groups in total. The monoisotopic (exact) mass is 481 g/mol. The van der Waals surface area contributed by atoms with Gasteiger partial charge >= 0.3 is 0 Å². The van der Waals surface area contributed by atoms with Crippen LogP contribution in [0.5, 0.6) is 11.5 Å². The third kappa shape index (κ3) is 5.35. The standard InChI is InChI=1S/C28H35NO6/c1-7-13-35-20-10-8-19(9-11-20)25-24(27(31)28(32)29(25)12-14-33-5)26(30)22-16-21(17(2)3)23(34-6)15-18(22)4/h8-11,15-17,25,30H,7,12-14H2,1-6H3/b26-24+. The largest absolute Gasteiger partial charge is 0.507 e. The fourth-order valence-corrected chi connectivity index (χ4v) is 4.34. The van der Waals surface area contributed by atoms with Crippen LogP contribution >= 0.6 is 0 Å². The zero-order valence-electron chi connectivity index (χ0n) is 21.4. The lowest BCUT2D eigenvalue weighted by Gasteiger charge is -2.25. The van der Waals surface area contributed by atoms with Gasteiger partial charge in [0, 0.05) is 19.2 Å². The van der Waals surface area contributed by atoms with Crippen LogP contribution in [0.4, 0.5) is 0 Å². The number of ketones is 1. The van der Waals surface area contributed by atoms with E-state index in [1.54, 1.807) is 14.2 Å². The van der Waals surface area contributed by atoms with Gasteiger partial charge in [-0.15, -0.1) is 0 Å². The number of hydrogen-bond donors (Lipinski definition) is 1. The van der Waals surface area contributed by atoms with E-state index >= 15 is 0 Å². The van der Waals surface area contributed by atoms with Gasteiger partial charge in [0.1, 0.15) is 17.3 Å². The van der Waals surface area contributed by atoms with Crippen molar-refractivity contribution in [1.82, 2.24) is 4.90 Å². The van der Waals surface area contributed by atoms with Gasteiger partial charge < -0.3 is 24.2 Å². The third-order valence-electron chi connectivity index (χ3n) is 6.20. The van der Waals surface area contributed by atoms with Gasteiger partial charge in [-0.1, -0.05) is 32.9 Å². The van der Waals surface area contributed by atoms with Crippen molar-refractivity contribution in [2.24, 2.45) is 0 Å². The first-order valence-electron chi connectivity index (χ1n) is 11.9. The van der Waals surface area contributed by atoms with E-state index < -0.39 is 17.7 Å². The van der Waals surface area contributed by atoms with Crippen molar-refractivity contribution in [1.29, 1.82) is 0 Å². The van der Waals surface area contributed by atoms with Crippen molar-refractivity contribution in [3.8, 4) is 11.5 Å². The Bertz CT molecular complexity index is 1100. The molecule has 2 aromatic carbocycles. The predicted molar refractivity (Wildman–Crippen MR) is 135 cm³/mol. The van der Waals surface area contributed by atoms with Crippen molar-refractivity contribution in [2.75, 3.05) is 34.0 Å². The minimum atomic E-state index is -0.741. The van der Waals surface area contributed by atoms with E-state index in [2.05, 4.69) is 0 Å². The lowest BCUT2D eigenvalue weighted by molar-refractivity contribution is -0.140. The normalized spacial score (nSPS) is 17.3. The van der Waals surface area contributed by atoms with Crippen LogP contribution in [-0.4, -0.2) is 55.7 Å². The molecule has 7 heteroatoms. The average molecular weight is 482 g/mol. The molecule has 2 aromatic rings. The second-order valence-electron chi connectivity index (χ2n) is 8.97. The van der Waals surface area contributed by atoms with E-state index in [4.69, 9.17) is 14.2 Å². The summed E-state index contributed by atoms with van der Waals surface area (Å²) in [5.74, 6) is -0.00785. The van der Waals surface area contributed by atoms with Gasteiger partial charge in [0.05, 0.1) is 31.9 Å². The smallest absolute Gasteiger partial charge is 0.295 e. The number of hydrogen-bond acceptors (Lipinski definition) is 6. The van der Waals surface area contributed by atoms with E-state index in [0.29, 0.717) is 29.2 Å². The molecule has 1 aliphatic rings. The molecule has 0 bridgehead atoms.